The van der Waals surface area contributed by atoms with Gasteiger partial charge in [-0.2, -0.15) is 13.9 Å². The molecule has 0 amide bonds. The van der Waals surface area contributed by atoms with Gasteiger partial charge in [0.15, 0.2) is 5.82 Å². The highest BCUT2D eigenvalue weighted by Crippen LogP contribution is 2.40. The molecule has 3 aromatic heterocycles. The predicted molar refractivity (Wildman–Crippen MR) is 108 cm³/mol. The summed E-state index contributed by atoms with van der Waals surface area (Å²) in [7, 11) is 0. The normalized spacial score (nSPS) is 11.5. The van der Waals surface area contributed by atoms with Gasteiger partial charge in [-0.25, -0.2) is 4.98 Å². The van der Waals surface area contributed by atoms with Crippen molar-refractivity contribution in [2.24, 2.45) is 0 Å². The quantitative estimate of drug-likeness (QED) is 0.447. The summed E-state index contributed by atoms with van der Waals surface area (Å²) in [5.41, 5.74) is 2.67. The molecular weight excluding hydrogens is 406 g/mol. The number of aromatic nitrogens is 3. The van der Waals surface area contributed by atoms with Gasteiger partial charge in [-0.3, -0.25) is 0 Å². The van der Waals surface area contributed by atoms with Crippen LogP contribution in [0.1, 0.15) is 16.8 Å². The highest BCUT2D eigenvalue weighted by atomic mass is 35.5. The smallest absolute Gasteiger partial charge is 0.387 e. The number of anilines is 1. The Morgan fingerprint density at radius 3 is 2.68 bits per heavy atom. The van der Waals surface area contributed by atoms with Gasteiger partial charge in [0.1, 0.15) is 10.6 Å². The number of benzene rings is 1. The number of thiophene rings is 1. The van der Waals surface area contributed by atoms with Crippen LogP contribution < -0.4 is 10.1 Å². The molecule has 0 atom stereocenters. The number of aryl methyl sites for hydroxylation is 2. The molecule has 0 saturated heterocycles. The van der Waals surface area contributed by atoms with Crippen LogP contribution in [0.2, 0.25) is 5.02 Å². The van der Waals surface area contributed by atoms with E-state index in [9.17, 15) is 8.78 Å². The van der Waals surface area contributed by atoms with Gasteiger partial charge in [0.05, 0.1) is 21.6 Å². The standard InChI is InChI=1S/C19H15ClF2N4OS/c1-9-14-13-8-24-26-17(16(13)28-18(14)25-10(2)15(9)20)23-7-11-3-5-12(6-4-11)27-19(21)22/h3-6,8,19H,7H2,1-2H3,(H,23,26). The van der Waals surface area contributed by atoms with Crippen LogP contribution in [0, 0.1) is 13.8 Å². The van der Waals surface area contributed by atoms with Gasteiger partial charge >= 0.3 is 6.61 Å². The molecule has 0 spiro atoms. The van der Waals surface area contributed by atoms with E-state index >= 15 is 0 Å². The van der Waals surface area contributed by atoms with E-state index in [0.29, 0.717) is 17.4 Å². The third-order valence-electron chi connectivity index (χ3n) is 4.39. The van der Waals surface area contributed by atoms with Gasteiger partial charge in [-0.05, 0) is 37.1 Å². The van der Waals surface area contributed by atoms with Crippen LogP contribution in [0.3, 0.4) is 0 Å². The van der Waals surface area contributed by atoms with Crippen molar-refractivity contribution in [3.63, 3.8) is 0 Å². The van der Waals surface area contributed by atoms with E-state index in [-0.39, 0.29) is 5.75 Å². The van der Waals surface area contributed by atoms with E-state index in [2.05, 4.69) is 25.2 Å². The van der Waals surface area contributed by atoms with Crippen LogP contribution in [0.25, 0.3) is 20.3 Å². The summed E-state index contributed by atoms with van der Waals surface area (Å²) in [6.45, 7) is 1.49. The molecule has 0 saturated carbocycles. The molecule has 1 aromatic carbocycles. The van der Waals surface area contributed by atoms with Gasteiger partial charge in [0.2, 0.25) is 0 Å². The highest BCUT2D eigenvalue weighted by molar-refractivity contribution is 7.26. The first-order valence-electron chi connectivity index (χ1n) is 8.42. The minimum absolute atomic E-state index is 0.124. The van der Waals surface area contributed by atoms with Crippen molar-refractivity contribution in [3.8, 4) is 5.75 Å². The lowest BCUT2D eigenvalue weighted by atomic mass is 10.1. The Kier molecular flexibility index (Phi) is 4.99. The Hall–Kier alpha value is -2.58. The Balaban J connectivity index is 1.64. The van der Waals surface area contributed by atoms with Gasteiger partial charge in [0.25, 0.3) is 0 Å². The Morgan fingerprint density at radius 1 is 1.21 bits per heavy atom. The minimum Gasteiger partial charge on any atom is -0.435 e. The second-order valence-electron chi connectivity index (χ2n) is 6.23. The van der Waals surface area contributed by atoms with Crippen molar-refractivity contribution < 1.29 is 13.5 Å². The maximum Gasteiger partial charge on any atom is 0.387 e. The van der Waals surface area contributed by atoms with E-state index in [4.69, 9.17) is 11.6 Å². The molecule has 5 nitrogen and oxygen atoms in total. The molecule has 1 N–H and O–H groups in total. The van der Waals surface area contributed by atoms with Gasteiger partial charge < -0.3 is 10.1 Å². The van der Waals surface area contributed by atoms with E-state index in [1.165, 1.54) is 23.5 Å². The third-order valence-corrected chi connectivity index (χ3v) is 6.05. The summed E-state index contributed by atoms with van der Waals surface area (Å²) in [5, 5.41) is 14.2. The molecule has 3 heterocycles. The summed E-state index contributed by atoms with van der Waals surface area (Å²) in [6, 6.07) is 6.45. The Morgan fingerprint density at radius 2 is 1.96 bits per heavy atom. The molecule has 0 aliphatic heterocycles. The van der Waals surface area contributed by atoms with Crippen molar-refractivity contribution in [2.75, 3.05) is 5.32 Å². The lowest BCUT2D eigenvalue weighted by Gasteiger charge is -2.08. The lowest BCUT2D eigenvalue weighted by Crippen LogP contribution is -2.04. The van der Waals surface area contributed by atoms with Crippen LogP contribution >= 0.6 is 22.9 Å². The predicted octanol–water partition coefficient (Wildman–Crippen LogP) is 5.72. The van der Waals surface area contributed by atoms with Crippen LogP contribution in [0.5, 0.6) is 5.75 Å². The fraction of sp³-hybridized carbons (Fsp3) is 0.211. The molecule has 0 fully saturated rings. The van der Waals surface area contributed by atoms with Crippen molar-refractivity contribution in [2.45, 2.75) is 27.0 Å². The van der Waals surface area contributed by atoms with Crippen molar-refractivity contribution >= 4 is 49.1 Å². The highest BCUT2D eigenvalue weighted by Gasteiger charge is 2.16. The molecule has 0 unspecified atom stereocenters. The topological polar surface area (TPSA) is 59.9 Å². The lowest BCUT2D eigenvalue weighted by molar-refractivity contribution is -0.0498. The second kappa shape index (κ2) is 7.44. The zero-order valence-corrected chi connectivity index (χ0v) is 16.5. The number of nitrogens with one attached hydrogen (secondary N) is 1. The molecule has 144 valence electrons. The summed E-state index contributed by atoms with van der Waals surface area (Å²) >= 11 is 7.90. The summed E-state index contributed by atoms with van der Waals surface area (Å²) in [5.74, 6) is 0.764. The van der Waals surface area contributed by atoms with Crippen LogP contribution in [-0.4, -0.2) is 21.8 Å². The summed E-state index contributed by atoms with van der Waals surface area (Å²) in [6.07, 6.45) is 1.72. The number of pyridine rings is 1. The maximum absolute atomic E-state index is 12.2. The monoisotopic (exact) mass is 420 g/mol. The number of ether oxygens (including phenoxy) is 1. The van der Waals surface area contributed by atoms with E-state index in [0.717, 1.165) is 37.1 Å². The zero-order valence-electron chi connectivity index (χ0n) is 15.0. The van der Waals surface area contributed by atoms with Gasteiger partial charge in [0, 0.05) is 17.3 Å². The Labute approximate surface area is 168 Å². The molecule has 0 aliphatic carbocycles. The fourth-order valence-electron chi connectivity index (χ4n) is 3.03. The molecule has 4 rings (SSSR count). The first-order chi connectivity index (χ1) is 13.4. The van der Waals surface area contributed by atoms with E-state index < -0.39 is 6.61 Å². The van der Waals surface area contributed by atoms with E-state index in [1.807, 2.05) is 13.8 Å². The van der Waals surface area contributed by atoms with Crippen molar-refractivity contribution in [1.29, 1.82) is 0 Å². The number of nitrogens with zero attached hydrogens (tertiary/aromatic N) is 3. The largest absolute Gasteiger partial charge is 0.435 e. The molecule has 0 bridgehead atoms. The van der Waals surface area contributed by atoms with E-state index in [1.54, 1.807) is 18.3 Å². The Bertz CT molecular complexity index is 1160. The van der Waals surface area contributed by atoms with Crippen molar-refractivity contribution in [3.05, 3.63) is 52.3 Å². The van der Waals surface area contributed by atoms with Crippen molar-refractivity contribution in [1.82, 2.24) is 15.2 Å². The molecule has 28 heavy (non-hydrogen) atoms. The maximum atomic E-state index is 12.2. The number of hydrogen-bond acceptors (Lipinski definition) is 6. The first kappa shape index (κ1) is 18.8. The average Bonchev–Trinajstić information content (AvgIpc) is 3.04. The number of halogens is 3. The fourth-order valence-corrected chi connectivity index (χ4v) is 4.39. The van der Waals surface area contributed by atoms with Crippen LogP contribution in [0.15, 0.2) is 30.5 Å². The number of hydrogen-bond donors (Lipinski definition) is 1. The molecule has 4 aromatic rings. The second-order valence-corrected chi connectivity index (χ2v) is 7.61. The zero-order chi connectivity index (χ0) is 19.8. The third kappa shape index (κ3) is 3.45. The molecule has 0 radical (unpaired) electrons. The summed E-state index contributed by atoms with van der Waals surface area (Å²) < 4.78 is 29.8. The first-order valence-corrected chi connectivity index (χ1v) is 9.61. The summed E-state index contributed by atoms with van der Waals surface area (Å²) in [4.78, 5) is 5.48. The SMILES string of the molecule is Cc1nc2sc3c(NCc4ccc(OC(F)F)cc4)nncc3c2c(C)c1Cl. The number of alkyl halides is 2. The van der Waals surface area contributed by atoms with Crippen LogP contribution in [0.4, 0.5) is 14.6 Å². The number of fused-ring (bicyclic) bond motifs is 3. The molecular formula is C19H15ClF2N4OS. The molecule has 9 heteroatoms. The molecule has 0 aliphatic rings. The van der Waals surface area contributed by atoms with Gasteiger partial charge in [-0.15, -0.1) is 16.4 Å². The minimum atomic E-state index is -2.83. The van der Waals surface area contributed by atoms with Gasteiger partial charge in [-0.1, -0.05) is 23.7 Å². The van der Waals surface area contributed by atoms with Crippen LogP contribution in [-0.2, 0) is 6.54 Å². The number of rotatable bonds is 5. The average molecular weight is 421 g/mol.